The minimum Gasteiger partial charge on any atom is -0.488 e. The van der Waals surface area contributed by atoms with Crippen LogP contribution in [0, 0.1) is 0 Å². The van der Waals surface area contributed by atoms with Crippen LogP contribution in [-0.2, 0) is 5.41 Å². The second-order valence-electron chi connectivity index (χ2n) is 18.3. The maximum atomic E-state index is 7.20. The van der Waals surface area contributed by atoms with Crippen molar-refractivity contribution in [3.63, 3.8) is 0 Å². The van der Waals surface area contributed by atoms with Gasteiger partial charge in [-0.25, -0.2) is 0 Å². The van der Waals surface area contributed by atoms with Gasteiger partial charge in [0.25, 0.3) is 0 Å². The van der Waals surface area contributed by atoms with Crippen LogP contribution in [0.1, 0.15) is 111 Å². The summed E-state index contributed by atoms with van der Waals surface area (Å²) in [5, 5.41) is 2.80. The van der Waals surface area contributed by atoms with Gasteiger partial charge in [-0.05, 0) is 153 Å². The smallest absolute Gasteiger partial charge is 0.488 e. The van der Waals surface area contributed by atoms with Gasteiger partial charge in [0.05, 0.1) is 0 Å². The third kappa shape index (κ3) is 15.8. The summed E-state index contributed by atoms with van der Waals surface area (Å²) in [7, 11) is -4.79. The van der Waals surface area contributed by atoms with E-state index >= 15 is 0 Å². The molecule has 0 saturated heterocycles. The first-order valence-corrected chi connectivity index (χ1v) is 27.2. The number of rotatable bonds is 18. The first kappa shape index (κ1) is 55.4. The van der Waals surface area contributed by atoms with Crippen LogP contribution in [-0.4, -0.2) is 5.60 Å². The van der Waals surface area contributed by atoms with Gasteiger partial charge < -0.3 is 31.9 Å². The summed E-state index contributed by atoms with van der Waals surface area (Å²) in [5.74, 6) is 2.53. The number of benzene rings is 6. The second-order valence-corrected chi connectivity index (χ2v) is 23.8. The predicted octanol–water partition coefficient (Wildman–Crippen LogP) is 21.6. The Morgan fingerprint density at radius 1 is 0.391 bits per heavy atom. The van der Waals surface area contributed by atoms with Gasteiger partial charge in [0.2, 0.25) is 0 Å². The molecule has 6 aromatic carbocycles. The number of ether oxygens (including phenoxy) is 1. The highest BCUT2D eigenvalue weighted by Gasteiger charge is 2.34. The van der Waals surface area contributed by atoms with Crippen LogP contribution in [0.2, 0.25) is 40.2 Å². The van der Waals surface area contributed by atoms with Crippen LogP contribution in [0.3, 0.4) is 0 Å². The average molecular weight is 1130 g/mol. The molecule has 6 rings (SSSR count). The zero-order valence-corrected chi connectivity index (χ0v) is 47.4. The molecule has 0 amide bonds. The van der Waals surface area contributed by atoms with Crippen LogP contribution in [0.4, 0.5) is 0 Å². The van der Waals surface area contributed by atoms with E-state index < -0.39 is 22.8 Å². The lowest BCUT2D eigenvalue weighted by molar-refractivity contribution is 0.130. The summed E-state index contributed by atoms with van der Waals surface area (Å²) in [5.41, 5.74) is 2.99. The van der Waals surface area contributed by atoms with Gasteiger partial charge in [0.1, 0.15) is 45.8 Å². The molecule has 0 aliphatic heterocycles. The number of halogens is 8. The minimum atomic E-state index is -2.40. The molecule has 0 bridgehead atoms. The molecule has 6 aromatic rings. The number of hydrogen-bond donors (Lipinski definition) is 0. The first-order chi connectivity index (χ1) is 32.4. The summed E-state index contributed by atoms with van der Waals surface area (Å²) in [6, 6.07) is 27.6. The molecule has 0 aromatic heterocycles. The molecule has 17 heteroatoms. The average Bonchev–Trinajstić information content (AvgIpc) is 3.21. The molecule has 0 saturated carbocycles. The molecule has 0 N–H and O–H groups in total. The Hall–Kier alpha value is -2.90. The van der Waals surface area contributed by atoms with E-state index in [9.17, 15) is 0 Å². The molecule has 0 aliphatic carbocycles. The second kappa shape index (κ2) is 23.8. The van der Waals surface area contributed by atoms with Crippen molar-refractivity contribution >= 4 is 110 Å². The monoisotopic (exact) mass is 1130 g/mol. The van der Waals surface area contributed by atoms with Crippen LogP contribution in [0.15, 0.2) is 97.1 Å². The third-order valence-corrected chi connectivity index (χ3v) is 14.3. The maximum Gasteiger partial charge on any atom is 0.530 e. The van der Waals surface area contributed by atoms with E-state index in [0.717, 1.165) is 29.5 Å². The molecule has 0 radical (unpaired) electrons. The van der Waals surface area contributed by atoms with Crippen LogP contribution < -0.4 is 31.9 Å². The van der Waals surface area contributed by atoms with Gasteiger partial charge >= 0.3 is 17.2 Å². The molecule has 0 heterocycles. The molecule has 7 nitrogen and oxygen atoms in total. The molecule has 2 atom stereocenters. The Bertz CT molecular complexity index is 2590. The van der Waals surface area contributed by atoms with Crippen LogP contribution in [0.5, 0.6) is 40.2 Å². The van der Waals surface area contributed by atoms with Gasteiger partial charge in [-0.2, -0.15) is 0 Å². The zero-order chi connectivity index (χ0) is 50.5. The van der Waals surface area contributed by atoms with E-state index in [2.05, 4.69) is 60.6 Å². The Morgan fingerprint density at radius 3 is 0.986 bits per heavy atom. The van der Waals surface area contributed by atoms with Crippen molar-refractivity contribution in [1.82, 2.24) is 0 Å². The van der Waals surface area contributed by atoms with Crippen molar-refractivity contribution in [2.75, 3.05) is 0 Å². The molecule has 0 fully saturated rings. The molecule has 2 unspecified atom stereocenters. The van der Waals surface area contributed by atoms with Gasteiger partial charge in [0, 0.05) is 56.9 Å². The Labute approximate surface area is 448 Å². The SMILES string of the molecule is CCC(C)c1cc(OC(C)(C)C)cc(-c2cc(C(C)(C)C)cc(C(C)CC)c2OP(Oc2cc(Cl)cc(Cl)c2)Oc2cc(Cl)cc(Cl)c2)c1OP(Oc1cc(Cl)cc(Cl)c1)Oc1cc(Cl)cc(Cl)c1. The van der Waals surface area contributed by atoms with E-state index in [0.29, 0.717) is 91.6 Å². The predicted molar refractivity (Wildman–Crippen MR) is 292 cm³/mol. The van der Waals surface area contributed by atoms with Crippen molar-refractivity contribution in [2.45, 2.75) is 105 Å². The van der Waals surface area contributed by atoms with E-state index in [1.165, 1.54) is 0 Å². The Kier molecular flexibility index (Phi) is 19.1. The van der Waals surface area contributed by atoms with Crippen molar-refractivity contribution < 1.29 is 31.9 Å². The van der Waals surface area contributed by atoms with E-state index in [4.69, 9.17) is 125 Å². The lowest BCUT2D eigenvalue weighted by Gasteiger charge is -2.30. The quantitative estimate of drug-likeness (QED) is 0.0795. The van der Waals surface area contributed by atoms with Crippen LogP contribution >= 0.6 is 110 Å². The summed E-state index contributed by atoms with van der Waals surface area (Å²) in [4.78, 5) is 0. The first-order valence-electron chi connectivity index (χ1n) is 21.9. The van der Waals surface area contributed by atoms with Gasteiger partial charge in [0.15, 0.2) is 0 Å². The molecule has 69 heavy (non-hydrogen) atoms. The highest BCUT2D eigenvalue weighted by atomic mass is 35.5. The van der Waals surface area contributed by atoms with Gasteiger partial charge in [-0.15, -0.1) is 0 Å². The van der Waals surface area contributed by atoms with E-state index in [-0.39, 0.29) is 17.3 Å². The number of hydrogen-bond acceptors (Lipinski definition) is 7. The fourth-order valence-corrected chi connectivity index (χ4v) is 10.9. The zero-order valence-electron chi connectivity index (χ0n) is 39.6. The maximum absolute atomic E-state index is 7.20. The Balaban J connectivity index is 1.69. The lowest BCUT2D eigenvalue weighted by atomic mass is 9.81. The summed E-state index contributed by atoms with van der Waals surface area (Å²) in [6.07, 6.45) is 1.48. The van der Waals surface area contributed by atoms with Crippen molar-refractivity contribution in [3.8, 4) is 51.4 Å². The fourth-order valence-electron chi connectivity index (χ4n) is 6.83. The topological polar surface area (TPSA) is 64.6 Å². The highest BCUT2D eigenvalue weighted by Crippen LogP contribution is 2.56. The largest absolute Gasteiger partial charge is 0.530 e. The van der Waals surface area contributed by atoms with Crippen molar-refractivity contribution in [2.24, 2.45) is 0 Å². The summed E-state index contributed by atoms with van der Waals surface area (Å²) >= 11 is 52.0. The molecular weight excluding hydrogens is 1080 g/mol. The van der Waals surface area contributed by atoms with Gasteiger partial charge in [-0.1, -0.05) is 147 Å². The van der Waals surface area contributed by atoms with Crippen molar-refractivity contribution in [3.05, 3.63) is 154 Å². The standard InChI is InChI=1S/C52H52Cl8O7P2/c1-11-29(3)45-13-31(51(5,6)7)14-47(49(45)66-68(62-41-19-32(53)15-33(54)20-41)63-42-21-34(55)16-35(56)22-42)48-28-40(61-52(8,9)10)27-46(30(4)12-2)50(48)67-69(64-43-23-36(57)17-37(58)24-43)65-44-25-38(59)18-39(60)26-44/h13-30H,11-12H2,1-10H3. The molecular formula is C52H52Cl8O7P2. The molecule has 368 valence electrons. The van der Waals surface area contributed by atoms with Crippen LogP contribution in [0.25, 0.3) is 11.1 Å². The summed E-state index contributed by atoms with van der Waals surface area (Å²) in [6.45, 7) is 20.9. The van der Waals surface area contributed by atoms with Crippen molar-refractivity contribution in [1.29, 1.82) is 0 Å². The minimum absolute atomic E-state index is 0.0458. The van der Waals surface area contributed by atoms with E-state index in [1.54, 1.807) is 72.8 Å². The lowest BCUT2D eigenvalue weighted by Crippen LogP contribution is -2.23. The van der Waals surface area contributed by atoms with E-state index in [1.807, 2.05) is 32.9 Å². The summed E-state index contributed by atoms with van der Waals surface area (Å²) < 4.78 is 47.4. The fraction of sp³-hybridized carbons (Fsp3) is 0.308. The normalized spacial score (nSPS) is 12.8. The molecule has 0 spiro atoms. The third-order valence-electron chi connectivity index (χ3n) is 10.5. The highest BCUT2D eigenvalue weighted by molar-refractivity contribution is 7.43. The molecule has 0 aliphatic rings. The Morgan fingerprint density at radius 2 is 0.696 bits per heavy atom. The van der Waals surface area contributed by atoms with Gasteiger partial charge in [-0.3, -0.25) is 0 Å².